The van der Waals surface area contributed by atoms with E-state index < -0.39 is 0 Å². The molecule has 0 bridgehead atoms. The summed E-state index contributed by atoms with van der Waals surface area (Å²) in [5.74, 6) is 1.68. The number of nitrogens with one attached hydrogen (secondary N) is 1. The van der Waals surface area contributed by atoms with Crippen LogP contribution < -0.4 is 5.32 Å². The van der Waals surface area contributed by atoms with Gasteiger partial charge in [0.25, 0.3) is 0 Å². The first-order chi connectivity index (χ1) is 13.0. The molecule has 140 valence electrons. The summed E-state index contributed by atoms with van der Waals surface area (Å²) in [4.78, 5) is 12.5. The molecule has 27 heavy (non-hydrogen) atoms. The molecule has 0 fully saturated rings. The number of anilines is 1. The number of rotatable bonds is 7. The largest absolute Gasteiger partial charge is 0.467 e. The number of nitriles is 1. The van der Waals surface area contributed by atoms with Gasteiger partial charge in [-0.2, -0.15) is 5.26 Å². The van der Waals surface area contributed by atoms with Crippen molar-refractivity contribution in [2.45, 2.75) is 32.0 Å². The van der Waals surface area contributed by atoms with E-state index in [1.807, 2.05) is 37.6 Å². The van der Waals surface area contributed by atoms with E-state index in [4.69, 9.17) is 4.42 Å². The lowest BCUT2D eigenvalue weighted by atomic mass is 10.2. The molecule has 0 spiro atoms. The maximum atomic E-state index is 12.5. The van der Waals surface area contributed by atoms with Crippen LogP contribution in [0, 0.1) is 25.2 Å². The summed E-state index contributed by atoms with van der Waals surface area (Å²) in [6.07, 6.45) is 3.52. The van der Waals surface area contributed by atoms with Crippen LogP contribution in [-0.2, 0) is 18.4 Å². The van der Waals surface area contributed by atoms with Crippen LogP contribution in [0.25, 0.3) is 0 Å². The number of carbonyl (C=O) groups excluding carboxylic acids is 1. The molecule has 1 amide bonds. The van der Waals surface area contributed by atoms with Gasteiger partial charge in [-0.05, 0) is 31.5 Å². The van der Waals surface area contributed by atoms with Gasteiger partial charge in [0.1, 0.15) is 24.0 Å². The Balaban J connectivity index is 1.72. The highest BCUT2D eigenvalue weighted by Gasteiger charge is 2.20. The van der Waals surface area contributed by atoms with E-state index in [2.05, 4.69) is 21.6 Å². The number of aromatic nitrogens is 4. The van der Waals surface area contributed by atoms with Crippen LogP contribution in [0.3, 0.4) is 0 Å². The Labute approximate surface area is 161 Å². The predicted molar refractivity (Wildman–Crippen MR) is 101 cm³/mol. The van der Waals surface area contributed by atoms with E-state index in [1.165, 1.54) is 11.8 Å². The molecule has 3 heterocycles. The fraction of sp³-hybridized carbons (Fsp3) is 0.333. The smallest absolute Gasteiger partial charge is 0.226 e. The van der Waals surface area contributed by atoms with Gasteiger partial charge in [-0.25, -0.2) is 0 Å². The Morgan fingerprint density at radius 2 is 2.26 bits per heavy atom. The Hall–Kier alpha value is -2.99. The normalized spacial score (nSPS) is 10.7. The van der Waals surface area contributed by atoms with Gasteiger partial charge >= 0.3 is 0 Å². The van der Waals surface area contributed by atoms with E-state index in [-0.39, 0.29) is 5.91 Å². The zero-order valence-electron chi connectivity index (χ0n) is 15.4. The van der Waals surface area contributed by atoms with Crippen LogP contribution in [0.15, 0.2) is 34.3 Å². The standard InChI is InChI=1S/C18H20N6O2S/c1-12-13(2)24(10-14-5-4-7-26-14)17(15(12)9-19)21-16(25)6-8-27-18-22-20-11-23(18)3/h4-5,7,11H,6,8,10H2,1-3H3,(H,21,25). The van der Waals surface area contributed by atoms with Crippen molar-refractivity contribution in [2.24, 2.45) is 7.05 Å². The number of thioether (sulfide) groups is 1. The first kappa shape index (κ1) is 18.8. The summed E-state index contributed by atoms with van der Waals surface area (Å²) in [6.45, 7) is 4.26. The number of amides is 1. The minimum atomic E-state index is -0.153. The summed E-state index contributed by atoms with van der Waals surface area (Å²) in [5, 5.41) is 21.0. The topological polar surface area (TPSA) is 102 Å². The molecular formula is C18H20N6O2S. The Morgan fingerprint density at radius 3 is 2.89 bits per heavy atom. The molecule has 1 N–H and O–H groups in total. The van der Waals surface area contributed by atoms with Crippen molar-refractivity contribution < 1.29 is 9.21 Å². The van der Waals surface area contributed by atoms with Crippen LogP contribution in [0.5, 0.6) is 0 Å². The van der Waals surface area contributed by atoms with E-state index in [9.17, 15) is 10.1 Å². The molecule has 0 saturated heterocycles. The van der Waals surface area contributed by atoms with Crippen LogP contribution >= 0.6 is 11.8 Å². The van der Waals surface area contributed by atoms with Crippen molar-refractivity contribution in [1.82, 2.24) is 19.3 Å². The van der Waals surface area contributed by atoms with Crippen LogP contribution in [-0.4, -0.2) is 31.0 Å². The molecule has 0 radical (unpaired) electrons. The van der Waals surface area contributed by atoms with Crippen molar-refractivity contribution in [1.29, 1.82) is 5.26 Å². The van der Waals surface area contributed by atoms with Crippen molar-refractivity contribution in [3.05, 3.63) is 47.3 Å². The number of hydrogen-bond donors (Lipinski definition) is 1. The highest BCUT2D eigenvalue weighted by Crippen LogP contribution is 2.27. The molecule has 0 aliphatic carbocycles. The highest BCUT2D eigenvalue weighted by atomic mass is 32.2. The minimum absolute atomic E-state index is 0.153. The average Bonchev–Trinajstić information content (AvgIpc) is 3.34. The first-order valence-corrected chi connectivity index (χ1v) is 9.38. The summed E-state index contributed by atoms with van der Waals surface area (Å²) in [7, 11) is 1.86. The fourth-order valence-corrected chi connectivity index (χ4v) is 3.54. The van der Waals surface area contributed by atoms with E-state index >= 15 is 0 Å². The third-order valence-electron chi connectivity index (χ3n) is 4.32. The average molecular weight is 384 g/mol. The van der Waals surface area contributed by atoms with Crippen LogP contribution in [0.4, 0.5) is 5.82 Å². The molecule has 9 heteroatoms. The maximum absolute atomic E-state index is 12.5. The summed E-state index contributed by atoms with van der Waals surface area (Å²) < 4.78 is 9.12. The Bertz CT molecular complexity index is 981. The second-order valence-electron chi connectivity index (χ2n) is 6.08. The molecule has 0 aliphatic heterocycles. The van der Waals surface area contributed by atoms with Crippen molar-refractivity contribution in [2.75, 3.05) is 11.1 Å². The molecule has 3 aromatic heterocycles. The highest BCUT2D eigenvalue weighted by molar-refractivity contribution is 7.99. The quantitative estimate of drug-likeness (QED) is 0.629. The molecule has 0 saturated carbocycles. The van der Waals surface area contributed by atoms with Gasteiger partial charge in [0.2, 0.25) is 5.91 Å². The number of hydrogen-bond acceptors (Lipinski definition) is 6. The van der Waals surface area contributed by atoms with Gasteiger partial charge in [-0.3, -0.25) is 4.79 Å². The zero-order valence-corrected chi connectivity index (χ0v) is 16.2. The van der Waals surface area contributed by atoms with Crippen molar-refractivity contribution in [3.8, 4) is 6.07 Å². The third-order valence-corrected chi connectivity index (χ3v) is 5.36. The van der Waals surface area contributed by atoms with Gasteiger partial charge in [0.15, 0.2) is 5.16 Å². The number of carbonyl (C=O) groups is 1. The molecule has 3 aromatic rings. The van der Waals surface area contributed by atoms with Gasteiger partial charge in [0.05, 0.1) is 18.4 Å². The second kappa shape index (κ2) is 8.14. The molecule has 0 unspecified atom stereocenters. The van der Waals surface area contributed by atoms with Gasteiger partial charge in [-0.1, -0.05) is 11.8 Å². The Morgan fingerprint density at radius 1 is 1.44 bits per heavy atom. The van der Waals surface area contributed by atoms with E-state index in [0.29, 0.717) is 30.1 Å². The molecule has 8 nitrogen and oxygen atoms in total. The molecule has 0 atom stereocenters. The summed E-state index contributed by atoms with van der Waals surface area (Å²) in [5.41, 5.74) is 2.26. The van der Waals surface area contributed by atoms with Crippen molar-refractivity contribution in [3.63, 3.8) is 0 Å². The van der Waals surface area contributed by atoms with Gasteiger partial charge < -0.3 is 18.9 Å². The van der Waals surface area contributed by atoms with E-state index in [0.717, 1.165) is 22.2 Å². The first-order valence-electron chi connectivity index (χ1n) is 8.40. The lowest BCUT2D eigenvalue weighted by Gasteiger charge is -2.12. The number of aryl methyl sites for hydroxylation is 1. The third kappa shape index (κ3) is 4.06. The van der Waals surface area contributed by atoms with Gasteiger partial charge in [0, 0.05) is 24.9 Å². The van der Waals surface area contributed by atoms with Crippen LogP contribution in [0.1, 0.15) is 29.0 Å². The number of furan rings is 1. The molecular weight excluding hydrogens is 364 g/mol. The maximum Gasteiger partial charge on any atom is 0.226 e. The van der Waals surface area contributed by atoms with E-state index in [1.54, 1.807) is 17.2 Å². The zero-order chi connectivity index (χ0) is 19.4. The van der Waals surface area contributed by atoms with Crippen molar-refractivity contribution >= 4 is 23.5 Å². The fourth-order valence-electron chi connectivity index (χ4n) is 2.72. The molecule has 3 rings (SSSR count). The summed E-state index contributed by atoms with van der Waals surface area (Å²) >= 11 is 1.46. The lowest BCUT2D eigenvalue weighted by Crippen LogP contribution is -2.17. The summed E-state index contributed by atoms with van der Waals surface area (Å²) in [6, 6.07) is 5.88. The molecule has 0 aliphatic rings. The van der Waals surface area contributed by atoms with Crippen LogP contribution in [0.2, 0.25) is 0 Å². The predicted octanol–water partition coefficient (Wildman–Crippen LogP) is 2.87. The SMILES string of the molecule is Cc1c(C#N)c(NC(=O)CCSc2nncn2C)n(Cc2ccco2)c1C. The van der Waals surface area contributed by atoms with Gasteiger partial charge in [-0.15, -0.1) is 10.2 Å². The number of nitrogens with zero attached hydrogens (tertiary/aromatic N) is 5. The molecule has 0 aromatic carbocycles. The minimum Gasteiger partial charge on any atom is -0.467 e. The Kier molecular flexibility index (Phi) is 5.66. The monoisotopic (exact) mass is 384 g/mol. The second-order valence-corrected chi connectivity index (χ2v) is 7.14. The lowest BCUT2D eigenvalue weighted by molar-refractivity contribution is -0.115.